The topological polar surface area (TPSA) is 56.0 Å². The van der Waals surface area contributed by atoms with Gasteiger partial charge in [-0.1, -0.05) is 96.5 Å². The van der Waals surface area contributed by atoms with Crippen LogP contribution >= 0.6 is 11.8 Å². The lowest BCUT2D eigenvalue weighted by atomic mass is 10.0. The summed E-state index contributed by atoms with van der Waals surface area (Å²) in [6.07, 6.45) is 23.0. The maximum Gasteiger partial charge on any atom is 0.227 e. The number of rotatable bonds is 17. The van der Waals surface area contributed by atoms with Gasteiger partial charge < -0.3 is 5.73 Å². The van der Waals surface area contributed by atoms with E-state index in [1.54, 1.807) is 24.2 Å². The number of nitrogens with two attached hydrogens (primary N) is 1. The third-order valence-corrected chi connectivity index (χ3v) is 5.52. The van der Waals surface area contributed by atoms with Crippen molar-refractivity contribution in [1.82, 2.24) is 4.98 Å². The summed E-state index contributed by atoms with van der Waals surface area (Å²) < 4.78 is 0. The van der Waals surface area contributed by atoms with Crippen LogP contribution in [0.2, 0.25) is 0 Å². The SMILES string of the molecule is CCCCCCCCCCCCCCCCSCC(N)=O.c1ccncc1. The van der Waals surface area contributed by atoms with Crippen LogP contribution in [0.5, 0.6) is 0 Å². The van der Waals surface area contributed by atoms with Gasteiger partial charge in [-0.05, 0) is 24.3 Å². The zero-order valence-electron chi connectivity index (χ0n) is 17.5. The van der Waals surface area contributed by atoms with Crippen LogP contribution in [0.15, 0.2) is 30.6 Å². The van der Waals surface area contributed by atoms with Gasteiger partial charge in [0, 0.05) is 12.4 Å². The Labute approximate surface area is 172 Å². The summed E-state index contributed by atoms with van der Waals surface area (Å²) in [5.41, 5.74) is 5.09. The van der Waals surface area contributed by atoms with Crippen LogP contribution in [0.4, 0.5) is 0 Å². The van der Waals surface area contributed by atoms with Crippen LogP contribution in [0, 0.1) is 0 Å². The molecular formula is C23H42N2OS. The lowest BCUT2D eigenvalue weighted by Gasteiger charge is -2.03. The van der Waals surface area contributed by atoms with Crippen molar-refractivity contribution < 1.29 is 4.79 Å². The molecule has 1 aromatic rings. The van der Waals surface area contributed by atoms with Gasteiger partial charge in [-0.15, -0.1) is 0 Å². The van der Waals surface area contributed by atoms with E-state index in [0.717, 1.165) is 5.75 Å². The molecule has 27 heavy (non-hydrogen) atoms. The number of aromatic nitrogens is 1. The number of nitrogens with zero attached hydrogens (tertiary/aromatic N) is 1. The smallest absolute Gasteiger partial charge is 0.227 e. The first-order valence-corrected chi connectivity index (χ1v) is 12.1. The molecule has 1 amide bonds. The minimum absolute atomic E-state index is 0.189. The lowest BCUT2D eigenvalue weighted by molar-refractivity contribution is -0.115. The van der Waals surface area contributed by atoms with Crippen molar-refractivity contribution in [2.24, 2.45) is 5.73 Å². The molecule has 2 N–H and O–H groups in total. The molecule has 156 valence electrons. The summed E-state index contributed by atoms with van der Waals surface area (Å²) in [6, 6.07) is 5.72. The molecule has 4 heteroatoms. The van der Waals surface area contributed by atoms with E-state index >= 15 is 0 Å². The van der Waals surface area contributed by atoms with E-state index < -0.39 is 0 Å². The van der Waals surface area contributed by atoms with Crippen molar-refractivity contribution in [3.63, 3.8) is 0 Å². The van der Waals surface area contributed by atoms with Crippen molar-refractivity contribution in [1.29, 1.82) is 0 Å². The summed E-state index contributed by atoms with van der Waals surface area (Å²) in [4.78, 5) is 14.3. The monoisotopic (exact) mass is 394 g/mol. The molecule has 1 aromatic heterocycles. The zero-order valence-corrected chi connectivity index (χ0v) is 18.4. The minimum Gasteiger partial charge on any atom is -0.369 e. The van der Waals surface area contributed by atoms with Crippen molar-refractivity contribution >= 4 is 17.7 Å². The van der Waals surface area contributed by atoms with E-state index in [1.165, 1.54) is 89.9 Å². The average molecular weight is 395 g/mol. The van der Waals surface area contributed by atoms with Gasteiger partial charge in [0.15, 0.2) is 0 Å². The molecule has 3 nitrogen and oxygen atoms in total. The first kappa shape index (κ1) is 26.0. The molecule has 0 saturated carbocycles. The van der Waals surface area contributed by atoms with Gasteiger partial charge in [0.25, 0.3) is 0 Å². The van der Waals surface area contributed by atoms with E-state index in [9.17, 15) is 4.79 Å². The number of thioether (sulfide) groups is 1. The highest BCUT2D eigenvalue weighted by Gasteiger charge is 1.96. The van der Waals surface area contributed by atoms with Gasteiger partial charge in [0.2, 0.25) is 5.91 Å². The third kappa shape index (κ3) is 25.0. The van der Waals surface area contributed by atoms with Crippen LogP contribution < -0.4 is 5.73 Å². The Morgan fingerprint density at radius 2 is 1.19 bits per heavy atom. The molecule has 0 atom stereocenters. The number of hydrogen-bond acceptors (Lipinski definition) is 3. The van der Waals surface area contributed by atoms with Gasteiger partial charge >= 0.3 is 0 Å². The molecule has 0 aliphatic carbocycles. The molecule has 0 fully saturated rings. The Morgan fingerprint density at radius 3 is 1.52 bits per heavy atom. The summed E-state index contributed by atoms with van der Waals surface area (Å²) in [5.74, 6) is 1.38. The van der Waals surface area contributed by atoms with E-state index in [-0.39, 0.29) is 5.91 Å². The number of hydrogen-bond donors (Lipinski definition) is 1. The fourth-order valence-corrected chi connectivity index (χ4v) is 3.64. The van der Waals surface area contributed by atoms with Gasteiger partial charge in [0.1, 0.15) is 0 Å². The predicted molar refractivity (Wildman–Crippen MR) is 121 cm³/mol. The van der Waals surface area contributed by atoms with Crippen molar-refractivity contribution in [3.05, 3.63) is 30.6 Å². The largest absolute Gasteiger partial charge is 0.369 e. The van der Waals surface area contributed by atoms with Crippen molar-refractivity contribution in [2.75, 3.05) is 11.5 Å². The Balaban J connectivity index is 0.000000941. The van der Waals surface area contributed by atoms with E-state index in [0.29, 0.717) is 5.75 Å². The Morgan fingerprint density at radius 1 is 0.741 bits per heavy atom. The quantitative estimate of drug-likeness (QED) is 0.297. The van der Waals surface area contributed by atoms with E-state index in [1.807, 2.05) is 18.2 Å². The molecule has 0 unspecified atom stereocenters. The van der Waals surface area contributed by atoms with Crippen molar-refractivity contribution in [3.8, 4) is 0 Å². The van der Waals surface area contributed by atoms with Gasteiger partial charge in [-0.3, -0.25) is 9.78 Å². The Hall–Kier alpha value is -1.03. The first-order valence-electron chi connectivity index (χ1n) is 11.0. The van der Waals surface area contributed by atoms with Gasteiger partial charge in [-0.25, -0.2) is 0 Å². The van der Waals surface area contributed by atoms with Crippen LogP contribution in [-0.2, 0) is 4.79 Å². The highest BCUT2D eigenvalue weighted by Crippen LogP contribution is 2.13. The number of unbranched alkanes of at least 4 members (excludes halogenated alkanes) is 13. The number of carbonyl (C=O) groups is 1. The van der Waals surface area contributed by atoms with Crippen LogP contribution in [-0.4, -0.2) is 22.4 Å². The number of carbonyl (C=O) groups excluding carboxylic acids is 1. The second kappa shape index (κ2) is 23.0. The standard InChI is InChI=1S/C18H37NOS.C5H5N/c1-2-3-4-5-6-7-8-9-10-11-12-13-14-15-16-21-17-18(19)20;1-2-4-6-5-3-1/h2-17H2,1H3,(H2,19,20);1-5H. The number of amides is 1. The molecule has 0 radical (unpaired) electrons. The highest BCUT2D eigenvalue weighted by atomic mass is 32.2. The molecule has 0 saturated heterocycles. The zero-order chi connectivity index (χ0) is 19.8. The van der Waals surface area contributed by atoms with Gasteiger partial charge in [-0.2, -0.15) is 11.8 Å². The fraction of sp³-hybridized carbons (Fsp3) is 0.739. The van der Waals surface area contributed by atoms with Crippen LogP contribution in [0.3, 0.4) is 0 Å². The Bertz CT molecular complexity index is 374. The highest BCUT2D eigenvalue weighted by molar-refractivity contribution is 7.99. The van der Waals surface area contributed by atoms with Gasteiger partial charge in [0.05, 0.1) is 5.75 Å². The van der Waals surface area contributed by atoms with E-state index in [4.69, 9.17) is 5.73 Å². The fourth-order valence-electron chi connectivity index (χ4n) is 2.88. The van der Waals surface area contributed by atoms with Crippen LogP contribution in [0.25, 0.3) is 0 Å². The molecule has 0 spiro atoms. The number of pyridine rings is 1. The van der Waals surface area contributed by atoms with Crippen LogP contribution in [0.1, 0.15) is 96.8 Å². The average Bonchev–Trinajstić information content (AvgIpc) is 2.69. The van der Waals surface area contributed by atoms with Crippen molar-refractivity contribution in [2.45, 2.75) is 96.8 Å². The molecular weight excluding hydrogens is 352 g/mol. The molecule has 0 aromatic carbocycles. The first-order chi connectivity index (χ1) is 13.3. The molecule has 0 aliphatic rings. The normalized spacial score (nSPS) is 10.3. The summed E-state index contributed by atoms with van der Waals surface area (Å²) >= 11 is 1.67. The Kier molecular flexibility index (Phi) is 22.1. The maximum absolute atomic E-state index is 10.5. The maximum atomic E-state index is 10.5. The summed E-state index contributed by atoms with van der Waals surface area (Å²) in [7, 11) is 0. The minimum atomic E-state index is -0.189. The molecule has 1 rings (SSSR count). The second-order valence-electron chi connectivity index (χ2n) is 7.14. The predicted octanol–water partition coefficient (Wildman–Crippen LogP) is 6.77. The second-order valence-corrected chi connectivity index (χ2v) is 8.24. The molecule has 0 bridgehead atoms. The lowest BCUT2D eigenvalue weighted by Crippen LogP contribution is -2.13. The third-order valence-electron chi connectivity index (χ3n) is 4.45. The number of primary amides is 1. The molecule has 0 aliphatic heterocycles. The molecule has 1 heterocycles. The summed E-state index contributed by atoms with van der Waals surface area (Å²) in [6.45, 7) is 2.28. The summed E-state index contributed by atoms with van der Waals surface area (Å²) in [5, 5.41) is 0. The van der Waals surface area contributed by atoms with E-state index in [2.05, 4.69) is 11.9 Å².